The highest BCUT2D eigenvalue weighted by Crippen LogP contribution is 2.16. The van der Waals surface area contributed by atoms with E-state index in [1.54, 1.807) is 0 Å². The highest BCUT2D eigenvalue weighted by atomic mass is 32.2. The van der Waals surface area contributed by atoms with Crippen molar-refractivity contribution >= 4 is 21.7 Å². The minimum Gasteiger partial charge on any atom is -0.338 e. The molecule has 1 heterocycles. The third kappa shape index (κ3) is 7.31. The number of aryl methyl sites for hydroxylation is 1. The molecule has 1 atom stereocenters. The van der Waals surface area contributed by atoms with Crippen molar-refractivity contribution in [2.75, 3.05) is 44.3 Å². The number of urea groups is 1. The van der Waals surface area contributed by atoms with Gasteiger partial charge in [-0.25, -0.2) is 17.9 Å². The number of piperidine rings is 1. The number of likely N-dealkylation sites (tertiary alicyclic amines) is 1. The molecule has 0 bridgehead atoms. The molecule has 1 aromatic rings. The summed E-state index contributed by atoms with van der Waals surface area (Å²) in [4.78, 5) is 14.3. The van der Waals surface area contributed by atoms with Crippen LogP contribution in [-0.4, -0.2) is 58.3 Å². The maximum Gasteiger partial charge on any atom is 0.319 e. The molecule has 1 aliphatic rings. The van der Waals surface area contributed by atoms with Gasteiger partial charge in [-0.1, -0.05) is 17.7 Å². The van der Waals surface area contributed by atoms with E-state index in [1.165, 1.54) is 7.05 Å². The number of amides is 2. The van der Waals surface area contributed by atoms with Gasteiger partial charge in [-0.3, -0.25) is 0 Å². The Morgan fingerprint density at radius 2 is 2.00 bits per heavy atom. The van der Waals surface area contributed by atoms with Crippen molar-refractivity contribution in [3.63, 3.8) is 0 Å². The van der Waals surface area contributed by atoms with Gasteiger partial charge in [0.1, 0.15) is 0 Å². The predicted molar refractivity (Wildman–Crippen MR) is 105 cm³/mol. The Balaban J connectivity index is 1.69. The minimum atomic E-state index is -3.13. The van der Waals surface area contributed by atoms with Crippen LogP contribution in [0.25, 0.3) is 0 Å². The number of benzene rings is 1. The molecule has 1 saturated heterocycles. The molecule has 0 spiro atoms. The van der Waals surface area contributed by atoms with Crippen LogP contribution in [0.15, 0.2) is 24.3 Å². The summed E-state index contributed by atoms with van der Waals surface area (Å²) in [6, 6.07) is 7.50. The summed E-state index contributed by atoms with van der Waals surface area (Å²) in [6.07, 6.45) is 2.78. The van der Waals surface area contributed by atoms with E-state index in [1.807, 2.05) is 31.2 Å². The van der Waals surface area contributed by atoms with Crippen molar-refractivity contribution in [1.29, 1.82) is 0 Å². The van der Waals surface area contributed by atoms with Crippen LogP contribution >= 0.6 is 0 Å². The summed E-state index contributed by atoms with van der Waals surface area (Å²) >= 11 is 0. The van der Waals surface area contributed by atoms with Crippen molar-refractivity contribution < 1.29 is 13.2 Å². The Morgan fingerprint density at radius 1 is 1.27 bits per heavy atom. The van der Waals surface area contributed by atoms with Crippen LogP contribution in [0, 0.1) is 12.8 Å². The first-order valence-corrected chi connectivity index (χ1v) is 10.8. The maximum atomic E-state index is 12.0. The molecule has 1 fully saturated rings. The van der Waals surface area contributed by atoms with Crippen LogP contribution in [0.1, 0.15) is 24.8 Å². The quantitative estimate of drug-likeness (QED) is 0.639. The van der Waals surface area contributed by atoms with Gasteiger partial charge in [-0.2, -0.15) is 0 Å². The number of rotatable bonds is 8. The fraction of sp³-hybridized carbons (Fsp3) is 0.611. The summed E-state index contributed by atoms with van der Waals surface area (Å²) in [7, 11) is -1.69. The van der Waals surface area contributed by atoms with Crippen molar-refractivity contribution in [3.05, 3.63) is 29.8 Å². The fourth-order valence-corrected chi connectivity index (χ4v) is 3.86. The normalized spacial score (nSPS) is 18.5. The van der Waals surface area contributed by atoms with Crippen LogP contribution in [0.5, 0.6) is 0 Å². The summed E-state index contributed by atoms with van der Waals surface area (Å²) in [5.74, 6) is 0.551. The number of sulfonamides is 1. The zero-order chi connectivity index (χ0) is 19.0. The molecular weight excluding hydrogens is 352 g/mol. The average molecular weight is 383 g/mol. The molecule has 0 radical (unpaired) electrons. The molecule has 8 heteroatoms. The van der Waals surface area contributed by atoms with E-state index in [4.69, 9.17) is 0 Å². The lowest BCUT2D eigenvalue weighted by Crippen LogP contribution is -2.42. The molecule has 26 heavy (non-hydrogen) atoms. The number of hydrogen-bond acceptors (Lipinski definition) is 4. The van der Waals surface area contributed by atoms with Gasteiger partial charge >= 0.3 is 6.03 Å². The predicted octanol–water partition coefficient (Wildman–Crippen LogP) is 1.77. The van der Waals surface area contributed by atoms with E-state index >= 15 is 0 Å². The number of hydrogen-bond donors (Lipinski definition) is 3. The smallest absolute Gasteiger partial charge is 0.319 e. The van der Waals surface area contributed by atoms with E-state index < -0.39 is 10.0 Å². The van der Waals surface area contributed by atoms with Gasteiger partial charge in [-0.05, 0) is 64.4 Å². The van der Waals surface area contributed by atoms with Gasteiger partial charge < -0.3 is 15.5 Å². The fourth-order valence-electron chi connectivity index (χ4n) is 3.15. The van der Waals surface area contributed by atoms with Gasteiger partial charge in [0, 0.05) is 18.8 Å². The van der Waals surface area contributed by atoms with E-state index in [-0.39, 0.29) is 11.8 Å². The lowest BCUT2D eigenvalue weighted by molar-refractivity contribution is 0.173. The van der Waals surface area contributed by atoms with Crippen LogP contribution in [0.4, 0.5) is 10.5 Å². The molecule has 7 nitrogen and oxygen atoms in total. The molecular formula is C18H30N4O3S. The highest BCUT2D eigenvalue weighted by molar-refractivity contribution is 7.89. The second-order valence-electron chi connectivity index (χ2n) is 6.89. The third-order valence-corrected chi connectivity index (χ3v) is 6.11. The Bertz CT molecular complexity index is 676. The average Bonchev–Trinajstić information content (AvgIpc) is 2.62. The molecule has 0 saturated carbocycles. The molecule has 0 aliphatic carbocycles. The third-order valence-electron chi connectivity index (χ3n) is 4.66. The first kappa shape index (κ1) is 20.7. The first-order chi connectivity index (χ1) is 12.4. The van der Waals surface area contributed by atoms with Crippen molar-refractivity contribution in [1.82, 2.24) is 14.9 Å². The zero-order valence-corrected chi connectivity index (χ0v) is 16.4. The summed E-state index contributed by atoms with van der Waals surface area (Å²) in [5.41, 5.74) is 1.94. The Morgan fingerprint density at radius 3 is 2.69 bits per heavy atom. The number of anilines is 1. The SMILES string of the molecule is CNS(=O)(=O)CCCN1CCCC(CNC(=O)Nc2ccc(C)cc2)C1. The summed E-state index contributed by atoms with van der Waals surface area (Å²) in [5, 5.41) is 5.78. The second-order valence-corrected chi connectivity index (χ2v) is 8.93. The highest BCUT2D eigenvalue weighted by Gasteiger charge is 2.20. The second kappa shape index (κ2) is 9.89. The van der Waals surface area contributed by atoms with Crippen molar-refractivity contribution in [2.24, 2.45) is 5.92 Å². The Kier molecular flexibility index (Phi) is 7.86. The number of nitrogens with zero attached hydrogens (tertiary/aromatic N) is 1. The number of carbonyl (C=O) groups is 1. The van der Waals surface area contributed by atoms with Crippen LogP contribution in [0.3, 0.4) is 0 Å². The summed E-state index contributed by atoms with van der Waals surface area (Å²) < 4.78 is 25.3. The lowest BCUT2D eigenvalue weighted by atomic mass is 9.98. The Hall–Kier alpha value is -1.64. The van der Waals surface area contributed by atoms with E-state index in [0.29, 0.717) is 18.9 Å². The molecule has 2 amide bonds. The Labute approximate surface area is 156 Å². The van der Waals surface area contributed by atoms with Gasteiger partial charge in [0.2, 0.25) is 10.0 Å². The van der Waals surface area contributed by atoms with E-state index in [0.717, 1.165) is 43.7 Å². The van der Waals surface area contributed by atoms with Gasteiger partial charge in [-0.15, -0.1) is 0 Å². The van der Waals surface area contributed by atoms with E-state index in [2.05, 4.69) is 20.3 Å². The molecule has 146 valence electrons. The van der Waals surface area contributed by atoms with Gasteiger partial charge in [0.15, 0.2) is 0 Å². The zero-order valence-electron chi connectivity index (χ0n) is 15.6. The number of nitrogens with one attached hydrogen (secondary N) is 3. The van der Waals surface area contributed by atoms with Crippen LogP contribution in [0.2, 0.25) is 0 Å². The van der Waals surface area contributed by atoms with Crippen LogP contribution < -0.4 is 15.4 Å². The molecule has 0 aromatic heterocycles. The standard InChI is InChI=1S/C18H30N4O3S/c1-15-6-8-17(9-7-15)21-18(23)20-13-16-5-3-10-22(14-16)11-4-12-26(24,25)19-2/h6-9,16,19H,3-5,10-14H2,1-2H3,(H2,20,21,23). The van der Waals surface area contributed by atoms with Crippen LogP contribution in [-0.2, 0) is 10.0 Å². The molecule has 3 N–H and O–H groups in total. The lowest BCUT2D eigenvalue weighted by Gasteiger charge is -2.32. The van der Waals surface area contributed by atoms with E-state index in [9.17, 15) is 13.2 Å². The maximum absolute atomic E-state index is 12.0. The molecule has 1 unspecified atom stereocenters. The van der Waals surface area contributed by atoms with Crippen molar-refractivity contribution in [3.8, 4) is 0 Å². The first-order valence-electron chi connectivity index (χ1n) is 9.13. The molecule has 1 aromatic carbocycles. The topological polar surface area (TPSA) is 90.5 Å². The largest absolute Gasteiger partial charge is 0.338 e. The van der Waals surface area contributed by atoms with Gasteiger partial charge in [0.25, 0.3) is 0 Å². The monoisotopic (exact) mass is 382 g/mol. The van der Waals surface area contributed by atoms with Crippen molar-refractivity contribution in [2.45, 2.75) is 26.2 Å². The molecule has 2 rings (SSSR count). The molecule has 1 aliphatic heterocycles. The minimum absolute atomic E-state index is 0.155. The summed E-state index contributed by atoms with van der Waals surface area (Å²) in [6.45, 7) is 5.29. The number of carbonyl (C=O) groups excluding carboxylic acids is 1. The van der Waals surface area contributed by atoms with Gasteiger partial charge in [0.05, 0.1) is 5.75 Å².